The normalized spacial score (nSPS) is 27.5. The number of aliphatic hydroxyl groups excluding tert-OH is 1. The van der Waals surface area contributed by atoms with Crippen LogP contribution in [-0.4, -0.2) is 22.3 Å². The fourth-order valence-corrected chi connectivity index (χ4v) is 3.86. The van der Waals surface area contributed by atoms with Gasteiger partial charge in [0.2, 0.25) is 0 Å². The number of rotatable bonds is 4. The van der Waals surface area contributed by atoms with E-state index < -0.39 is 17.5 Å². The topological polar surface area (TPSA) is 57.5 Å². The lowest BCUT2D eigenvalue weighted by atomic mass is 9.60. The molecule has 1 aliphatic rings. The fraction of sp³-hybridized carbons (Fsp3) is 0.350. The Kier molecular flexibility index (Phi) is 4.49. The smallest absolute Gasteiger partial charge is 0.310 e. The van der Waals surface area contributed by atoms with Crippen LogP contribution in [0.1, 0.15) is 36.3 Å². The van der Waals surface area contributed by atoms with E-state index in [1.54, 1.807) is 0 Å². The molecule has 0 amide bonds. The van der Waals surface area contributed by atoms with Gasteiger partial charge in [0, 0.05) is 5.92 Å². The zero-order chi connectivity index (χ0) is 16.3. The summed E-state index contributed by atoms with van der Waals surface area (Å²) < 4.78 is 0. The maximum atomic E-state index is 12.3. The van der Waals surface area contributed by atoms with Crippen LogP contribution in [0, 0.1) is 5.41 Å². The summed E-state index contributed by atoms with van der Waals surface area (Å²) in [4.78, 5) is 12.3. The van der Waals surface area contributed by atoms with Crippen molar-refractivity contribution in [1.29, 1.82) is 0 Å². The number of aliphatic hydroxyl groups is 1. The van der Waals surface area contributed by atoms with E-state index in [4.69, 9.17) is 0 Å². The summed E-state index contributed by atoms with van der Waals surface area (Å²) in [6.07, 6.45) is 1.61. The van der Waals surface area contributed by atoms with Gasteiger partial charge < -0.3 is 10.2 Å². The second kappa shape index (κ2) is 6.55. The van der Waals surface area contributed by atoms with Gasteiger partial charge in [-0.15, -0.1) is 0 Å². The molecule has 0 heterocycles. The van der Waals surface area contributed by atoms with Gasteiger partial charge in [0.25, 0.3) is 0 Å². The zero-order valence-corrected chi connectivity index (χ0v) is 13.1. The number of carboxylic acid groups (broad SMARTS) is 1. The molecule has 2 N–H and O–H groups in total. The van der Waals surface area contributed by atoms with Crippen LogP contribution in [0.5, 0.6) is 0 Å². The van der Waals surface area contributed by atoms with Crippen molar-refractivity contribution in [2.75, 3.05) is 0 Å². The predicted molar refractivity (Wildman–Crippen MR) is 89.3 cm³/mol. The van der Waals surface area contributed by atoms with Gasteiger partial charge in [0.05, 0.1) is 11.5 Å². The van der Waals surface area contributed by atoms with Crippen LogP contribution in [0.4, 0.5) is 0 Å². The SMILES string of the molecule is O=C(O)C1(Cc2ccccc2)CCC(O)CC1c1ccccc1. The zero-order valence-electron chi connectivity index (χ0n) is 13.1. The van der Waals surface area contributed by atoms with E-state index in [1.807, 2.05) is 60.7 Å². The second-order valence-electron chi connectivity index (χ2n) is 6.52. The number of hydrogen-bond acceptors (Lipinski definition) is 2. The lowest BCUT2D eigenvalue weighted by Gasteiger charge is -2.43. The lowest BCUT2D eigenvalue weighted by Crippen LogP contribution is -2.44. The average Bonchev–Trinajstić information content (AvgIpc) is 2.58. The van der Waals surface area contributed by atoms with E-state index in [-0.39, 0.29) is 5.92 Å². The Morgan fingerprint density at radius 2 is 1.65 bits per heavy atom. The number of aliphatic carboxylic acids is 1. The maximum Gasteiger partial charge on any atom is 0.310 e. The van der Waals surface area contributed by atoms with Gasteiger partial charge in [-0.2, -0.15) is 0 Å². The number of benzene rings is 2. The van der Waals surface area contributed by atoms with Gasteiger partial charge >= 0.3 is 5.97 Å². The van der Waals surface area contributed by atoms with E-state index in [2.05, 4.69) is 0 Å². The molecular formula is C20H22O3. The molecule has 2 aromatic rings. The van der Waals surface area contributed by atoms with Gasteiger partial charge in [0.1, 0.15) is 0 Å². The molecule has 120 valence electrons. The van der Waals surface area contributed by atoms with Gasteiger partial charge in [-0.3, -0.25) is 4.79 Å². The quantitative estimate of drug-likeness (QED) is 0.906. The first-order valence-corrected chi connectivity index (χ1v) is 8.12. The van der Waals surface area contributed by atoms with E-state index in [1.165, 1.54) is 0 Å². The van der Waals surface area contributed by atoms with Crippen molar-refractivity contribution in [1.82, 2.24) is 0 Å². The summed E-state index contributed by atoms with van der Waals surface area (Å²) in [7, 11) is 0. The lowest BCUT2D eigenvalue weighted by molar-refractivity contribution is -0.154. The molecule has 3 atom stereocenters. The monoisotopic (exact) mass is 310 g/mol. The Labute approximate surface area is 136 Å². The van der Waals surface area contributed by atoms with Crippen LogP contribution < -0.4 is 0 Å². The van der Waals surface area contributed by atoms with Crippen LogP contribution in [0.25, 0.3) is 0 Å². The third kappa shape index (κ3) is 3.15. The molecule has 0 aliphatic heterocycles. The maximum absolute atomic E-state index is 12.3. The van der Waals surface area contributed by atoms with Crippen molar-refractivity contribution >= 4 is 5.97 Å². The first kappa shape index (κ1) is 15.8. The Morgan fingerprint density at radius 1 is 1.04 bits per heavy atom. The van der Waals surface area contributed by atoms with Gasteiger partial charge in [0.15, 0.2) is 0 Å². The molecular weight excluding hydrogens is 288 g/mol. The number of carboxylic acids is 1. The molecule has 23 heavy (non-hydrogen) atoms. The minimum absolute atomic E-state index is 0.176. The van der Waals surface area contributed by atoms with E-state index in [9.17, 15) is 15.0 Å². The average molecular weight is 310 g/mol. The van der Waals surface area contributed by atoms with Crippen molar-refractivity contribution in [2.24, 2.45) is 5.41 Å². The highest BCUT2D eigenvalue weighted by molar-refractivity contribution is 5.77. The minimum Gasteiger partial charge on any atom is -0.481 e. The molecule has 0 spiro atoms. The minimum atomic E-state index is -0.859. The van der Waals surface area contributed by atoms with E-state index in [0.29, 0.717) is 25.7 Å². The van der Waals surface area contributed by atoms with Crippen molar-refractivity contribution in [3.05, 3.63) is 71.8 Å². The highest BCUT2D eigenvalue weighted by atomic mass is 16.4. The van der Waals surface area contributed by atoms with Gasteiger partial charge in [-0.25, -0.2) is 0 Å². The third-order valence-corrected chi connectivity index (χ3v) is 5.09. The molecule has 3 nitrogen and oxygen atoms in total. The molecule has 1 fully saturated rings. The molecule has 0 radical (unpaired) electrons. The third-order valence-electron chi connectivity index (χ3n) is 5.09. The van der Waals surface area contributed by atoms with Crippen LogP contribution in [0.2, 0.25) is 0 Å². The first-order chi connectivity index (χ1) is 11.1. The Morgan fingerprint density at radius 3 is 2.26 bits per heavy atom. The largest absolute Gasteiger partial charge is 0.481 e. The summed E-state index contributed by atoms with van der Waals surface area (Å²) in [6.45, 7) is 0. The van der Waals surface area contributed by atoms with E-state index in [0.717, 1.165) is 11.1 Å². The summed E-state index contributed by atoms with van der Waals surface area (Å²) in [5.41, 5.74) is 1.18. The molecule has 2 aromatic carbocycles. The molecule has 3 unspecified atom stereocenters. The second-order valence-corrected chi connectivity index (χ2v) is 6.52. The van der Waals surface area contributed by atoms with Crippen molar-refractivity contribution in [3.63, 3.8) is 0 Å². The van der Waals surface area contributed by atoms with Crippen molar-refractivity contribution in [3.8, 4) is 0 Å². The highest BCUT2D eigenvalue weighted by Gasteiger charge is 2.49. The molecule has 0 saturated heterocycles. The van der Waals surface area contributed by atoms with E-state index >= 15 is 0 Å². The number of hydrogen-bond donors (Lipinski definition) is 2. The summed E-state index contributed by atoms with van der Waals surface area (Å²) in [5.74, 6) is -0.938. The Hall–Kier alpha value is -2.13. The fourth-order valence-electron chi connectivity index (χ4n) is 3.86. The Bertz CT molecular complexity index is 653. The molecule has 0 aromatic heterocycles. The van der Waals surface area contributed by atoms with Gasteiger partial charge in [-0.05, 0) is 36.8 Å². The molecule has 0 bridgehead atoms. The van der Waals surface area contributed by atoms with Crippen LogP contribution in [0.15, 0.2) is 60.7 Å². The van der Waals surface area contributed by atoms with Crippen molar-refractivity contribution < 1.29 is 15.0 Å². The molecule has 3 heteroatoms. The van der Waals surface area contributed by atoms with Crippen LogP contribution in [0.3, 0.4) is 0 Å². The number of carbonyl (C=O) groups is 1. The Balaban J connectivity index is 2.02. The molecule has 1 aliphatic carbocycles. The predicted octanol–water partition coefficient (Wildman–Crippen LogP) is 3.63. The molecule has 1 saturated carbocycles. The van der Waals surface area contributed by atoms with Gasteiger partial charge in [-0.1, -0.05) is 60.7 Å². The van der Waals surface area contributed by atoms with Crippen LogP contribution >= 0.6 is 0 Å². The van der Waals surface area contributed by atoms with Crippen LogP contribution in [-0.2, 0) is 11.2 Å². The summed E-state index contributed by atoms with van der Waals surface area (Å²) >= 11 is 0. The summed E-state index contributed by atoms with van der Waals surface area (Å²) in [6, 6.07) is 19.6. The highest BCUT2D eigenvalue weighted by Crippen LogP contribution is 2.49. The molecule has 3 rings (SSSR count). The summed E-state index contributed by atoms with van der Waals surface area (Å²) in [5, 5.41) is 20.2. The van der Waals surface area contributed by atoms with Crippen molar-refractivity contribution in [2.45, 2.75) is 37.7 Å². The first-order valence-electron chi connectivity index (χ1n) is 8.12. The standard InChI is InChI=1S/C20H22O3/c21-17-11-12-20(19(22)23,14-15-7-3-1-4-8-15)18(13-17)16-9-5-2-6-10-16/h1-10,17-18,21H,11-14H2,(H,22,23).